The second-order valence-corrected chi connectivity index (χ2v) is 5.86. The molecule has 1 fully saturated rings. The van der Waals surface area contributed by atoms with Gasteiger partial charge in [-0.25, -0.2) is 4.79 Å². The number of hydrogen-bond acceptors (Lipinski definition) is 5. The summed E-state index contributed by atoms with van der Waals surface area (Å²) >= 11 is 0. The molecule has 0 unspecified atom stereocenters. The van der Waals surface area contributed by atoms with E-state index in [0.29, 0.717) is 5.56 Å². The van der Waals surface area contributed by atoms with Gasteiger partial charge in [-0.15, -0.1) is 0 Å². The van der Waals surface area contributed by atoms with Gasteiger partial charge >= 0.3 is 5.97 Å². The summed E-state index contributed by atoms with van der Waals surface area (Å²) < 4.78 is 0. The van der Waals surface area contributed by atoms with Crippen LogP contribution in [0.5, 0.6) is 0 Å². The molecular weight excluding hydrogens is 324 g/mol. The summed E-state index contributed by atoms with van der Waals surface area (Å²) in [6.45, 7) is 1.95. The van der Waals surface area contributed by atoms with E-state index >= 15 is 0 Å². The Morgan fingerprint density at radius 1 is 1.00 bits per heavy atom. The van der Waals surface area contributed by atoms with E-state index in [1.807, 2.05) is 12.1 Å². The van der Waals surface area contributed by atoms with Gasteiger partial charge in [-0.05, 0) is 43.2 Å². The van der Waals surface area contributed by atoms with Crippen molar-refractivity contribution >= 4 is 23.1 Å². The van der Waals surface area contributed by atoms with Crippen LogP contribution in [0.3, 0.4) is 0 Å². The summed E-state index contributed by atoms with van der Waals surface area (Å²) in [5.41, 5.74) is 0.550. The number of rotatable bonds is 5. The van der Waals surface area contributed by atoms with Gasteiger partial charge in [0.25, 0.3) is 5.69 Å². The van der Waals surface area contributed by atoms with E-state index in [9.17, 15) is 24.8 Å². The quantitative estimate of drug-likeness (QED) is 0.510. The average Bonchev–Trinajstić information content (AvgIpc) is 3.15. The van der Waals surface area contributed by atoms with Crippen molar-refractivity contribution in [3.8, 4) is 0 Å². The number of carbonyl (C=O) groups is 2. The van der Waals surface area contributed by atoms with E-state index in [0.717, 1.165) is 49.8 Å². The Labute approximate surface area is 143 Å². The van der Waals surface area contributed by atoms with Crippen LogP contribution in [0.25, 0.3) is 0 Å². The first-order valence-corrected chi connectivity index (χ1v) is 7.89. The Kier molecular flexibility index (Phi) is 4.47. The first-order chi connectivity index (χ1) is 12.0. The van der Waals surface area contributed by atoms with Gasteiger partial charge in [-0.3, -0.25) is 14.9 Å². The number of benzene rings is 2. The second kappa shape index (κ2) is 6.72. The number of carboxylic acid groups (broad SMARTS) is 1. The summed E-state index contributed by atoms with van der Waals surface area (Å²) in [6, 6.07) is 10.1. The van der Waals surface area contributed by atoms with Gasteiger partial charge in [-0.1, -0.05) is 0 Å². The number of nitro benzene ring substituents is 1. The summed E-state index contributed by atoms with van der Waals surface area (Å²) in [4.78, 5) is 36.5. The maximum Gasteiger partial charge on any atom is 0.336 e. The molecule has 2 aromatic rings. The summed E-state index contributed by atoms with van der Waals surface area (Å²) in [7, 11) is 0. The van der Waals surface area contributed by atoms with E-state index < -0.39 is 16.7 Å². The second-order valence-electron chi connectivity index (χ2n) is 5.86. The number of ketones is 1. The predicted octanol–water partition coefficient (Wildman–Crippen LogP) is 3.12. The Hall–Kier alpha value is -3.22. The van der Waals surface area contributed by atoms with E-state index in [1.165, 1.54) is 0 Å². The first kappa shape index (κ1) is 16.6. The van der Waals surface area contributed by atoms with E-state index in [4.69, 9.17) is 0 Å². The average molecular weight is 340 g/mol. The molecule has 1 heterocycles. The molecule has 1 saturated heterocycles. The van der Waals surface area contributed by atoms with Crippen LogP contribution < -0.4 is 4.90 Å². The van der Waals surface area contributed by atoms with Gasteiger partial charge in [0.15, 0.2) is 5.78 Å². The van der Waals surface area contributed by atoms with Crippen molar-refractivity contribution in [1.82, 2.24) is 0 Å². The van der Waals surface area contributed by atoms with Gasteiger partial charge in [0.1, 0.15) is 0 Å². The van der Waals surface area contributed by atoms with Gasteiger partial charge in [-0.2, -0.15) is 0 Å². The fraction of sp³-hybridized carbons (Fsp3) is 0.222. The summed E-state index contributed by atoms with van der Waals surface area (Å²) in [5, 5.41) is 20.2. The van der Waals surface area contributed by atoms with Crippen molar-refractivity contribution in [1.29, 1.82) is 0 Å². The van der Waals surface area contributed by atoms with Crippen molar-refractivity contribution in [2.75, 3.05) is 18.0 Å². The number of non-ortho nitro benzene ring substituents is 1. The number of nitro groups is 1. The highest BCUT2D eigenvalue weighted by atomic mass is 16.6. The highest BCUT2D eigenvalue weighted by molar-refractivity contribution is 6.14. The molecule has 1 N–H and O–H groups in total. The Morgan fingerprint density at radius 3 is 2.20 bits per heavy atom. The molecule has 0 saturated carbocycles. The highest BCUT2D eigenvalue weighted by Crippen LogP contribution is 2.24. The Balaban J connectivity index is 1.95. The molecule has 0 spiro atoms. The molecule has 0 radical (unpaired) electrons. The lowest BCUT2D eigenvalue weighted by atomic mass is 9.97. The molecule has 1 aliphatic heterocycles. The van der Waals surface area contributed by atoms with Gasteiger partial charge in [0.05, 0.1) is 10.5 Å². The van der Waals surface area contributed by atoms with E-state index in [2.05, 4.69) is 4.90 Å². The fourth-order valence-electron chi connectivity index (χ4n) is 2.97. The highest BCUT2D eigenvalue weighted by Gasteiger charge is 2.22. The molecule has 7 nitrogen and oxygen atoms in total. The largest absolute Gasteiger partial charge is 0.478 e. The van der Waals surface area contributed by atoms with E-state index in [-0.39, 0.29) is 16.8 Å². The minimum absolute atomic E-state index is 0.185. The number of carboxylic acids is 1. The van der Waals surface area contributed by atoms with Crippen LogP contribution in [-0.4, -0.2) is 34.9 Å². The molecule has 128 valence electrons. The van der Waals surface area contributed by atoms with Crippen molar-refractivity contribution in [2.24, 2.45) is 0 Å². The zero-order chi connectivity index (χ0) is 18.0. The topological polar surface area (TPSA) is 101 Å². The van der Waals surface area contributed by atoms with Crippen molar-refractivity contribution in [2.45, 2.75) is 12.8 Å². The molecule has 2 aromatic carbocycles. The number of aromatic carboxylic acids is 1. The van der Waals surface area contributed by atoms with Crippen molar-refractivity contribution < 1.29 is 19.6 Å². The monoisotopic (exact) mass is 340 g/mol. The SMILES string of the molecule is O=C(O)c1ccc([N+](=O)[O-])cc1C(=O)c1ccc(N2CCCC2)cc1. The lowest BCUT2D eigenvalue weighted by Crippen LogP contribution is -2.17. The third kappa shape index (κ3) is 3.35. The van der Waals surface area contributed by atoms with Crippen LogP contribution in [0.15, 0.2) is 42.5 Å². The summed E-state index contributed by atoms with van der Waals surface area (Å²) in [6.07, 6.45) is 2.27. The Bertz CT molecular complexity index is 839. The zero-order valence-electron chi connectivity index (χ0n) is 13.3. The third-order valence-corrected chi connectivity index (χ3v) is 4.29. The first-order valence-electron chi connectivity index (χ1n) is 7.89. The van der Waals surface area contributed by atoms with Crippen LogP contribution in [0.4, 0.5) is 11.4 Å². The number of nitrogens with zero attached hydrogens (tertiary/aromatic N) is 2. The lowest BCUT2D eigenvalue weighted by Gasteiger charge is -2.17. The van der Waals surface area contributed by atoms with Gasteiger partial charge < -0.3 is 10.0 Å². The number of hydrogen-bond donors (Lipinski definition) is 1. The molecular formula is C18H16N2O5. The van der Waals surface area contributed by atoms with Crippen LogP contribution >= 0.6 is 0 Å². The van der Waals surface area contributed by atoms with Crippen LogP contribution in [-0.2, 0) is 0 Å². The molecule has 0 aliphatic carbocycles. The third-order valence-electron chi connectivity index (χ3n) is 4.29. The smallest absolute Gasteiger partial charge is 0.336 e. The molecule has 7 heteroatoms. The molecule has 3 rings (SSSR count). The standard InChI is InChI=1S/C18H16N2O5/c21-17(12-3-5-13(6-4-12)19-9-1-2-10-19)16-11-14(20(24)25)7-8-15(16)18(22)23/h3-8,11H,1-2,9-10H2,(H,22,23). The zero-order valence-corrected chi connectivity index (χ0v) is 13.3. The maximum atomic E-state index is 12.7. The Morgan fingerprint density at radius 2 is 1.64 bits per heavy atom. The number of carbonyl (C=O) groups excluding carboxylic acids is 1. The van der Waals surface area contributed by atoms with E-state index in [1.54, 1.807) is 12.1 Å². The van der Waals surface area contributed by atoms with Crippen molar-refractivity contribution in [3.05, 3.63) is 69.3 Å². The normalized spacial score (nSPS) is 13.7. The lowest BCUT2D eigenvalue weighted by molar-refractivity contribution is -0.384. The van der Waals surface area contributed by atoms with Crippen LogP contribution in [0, 0.1) is 10.1 Å². The number of anilines is 1. The maximum absolute atomic E-state index is 12.7. The molecule has 25 heavy (non-hydrogen) atoms. The minimum atomic E-state index is -1.30. The summed E-state index contributed by atoms with van der Waals surface area (Å²) in [5.74, 6) is -1.85. The minimum Gasteiger partial charge on any atom is -0.478 e. The van der Waals surface area contributed by atoms with Gasteiger partial charge in [0, 0.05) is 42.0 Å². The molecule has 1 aliphatic rings. The molecule has 0 amide bonds. The predicted molar refractivity (Wildman–Crippen MR) is 91.4 cm³/mol. The molecule has 0 aromatic heterocycles. The van der Waals surface area contributed by atoms with Crippen LogP contribution in [0.1, 0.15) is 39.1 Å². The van der Waals surface area contributed by atoms with Crippen molar-refractivity contribution in [3.63, 3.8) is 0 Å². The van der Waals surface area contributed by atoms with Crippen LogP contribution in [0.2, 0.25) is 0 Å². The fourth-order valence-corrected chi connectivity index (χ4v) is 2.97. The van der Waals surface area contributed by atoms with Gasteiger partial charge in [0.2, 0.25) is 0 Å². The molecule has 0 bridgehead atoms. The molecule has 0 atom stereocenters.